The van der Waals surface area contributed by atoms with Crippen LogP contribution >= 0.6 is 0 Å². The molecule has 2 rings (SSSR count). The summed E-state index contributed by atoms with van der Waals surface area (Å²) in [4.78, 5) is 19.6. The van der Waals surface area contributed by atoms with E-state index in [9.17, 15) is 9.90 Å². The molecule has 0 atom stereocenters. The van der Waals surface area contributed by atoms with Crippen molar-refractivity contribution in [3.8, 4) is 17.4 Å². The van der Waals surface area contributed by atoms with E-state index in [0.717, 1.165) is 4.57 Å². The zero-order valence-electron chi connectivity index (χ0n) is 12.9. The Hall–Kier alpha value is 0.783. The number of imidazole rings is 1. The van der Waals surface area contributed by atoms with Gasteiger partial charge in [-0.2, -0.15) is 4.98 Å². The van der Waals surface area contributed by atoms with Crippen LogP contribution in [0.5, 0.6) is 5.88 Å². The van der Waals surface area contributed by atoms with Crippen LogP contribution in [0.4, 0.5) is 5.95 Å². The molecule has 0 bridgehead atoms. The van der Waals surface area contributed by atoms with Crippen LogP contribution in [0.3, 0.4) is 0 Å². The van der Waals surface area contributed by atoms with Gasteiger partial charge >= 0.3 is 108 Å². The minimum absolute atomic E-state index is 0. The van der Waals surface area contributed by atoms with Crippen molar-refractivity contribution in [2.24, 2.45) is 24.4 Å². The van der Waals surface area contributed by atoms with Crippen LogP contribution in [0.15, 0.2) is 15.1 Å². The normalized spacial score (nSPS) is 9.90. The second kappa shape index (κ2) is 9.82. The zero-order chi connectivity index (χ0) is 13.4. The van der Waals surface area contributed by atoms with E-state index in [1.807, 2.05) is 0 Å². The minimum atomic E-state index is -0.494. The van der Waals surface area contributed by atoms with E-state index in [1.165, 1.54) is 23.7 Å². The molecule has 10 nitrogen and oxygen atoms in total. The number of nitrogens with zero attached hydrogens (tertiary/aromatic N) is 7. The molecule has 21 heavy (non-hydrogen) atoms. The molecule has 0 saturated heterocycles. The molecule has 2 aliphatic heterocycles. The third-order valence-electron chi connectivity index (χ3n) is 2.34. The smallest absolute Gasteiger partial charge is 0.870 e. The van der Waals surface area contributed by atoms with Gasteiger partial charge in [0.1, 0.15) is 5.69 Å². The Kier molecular flexibility index (Phi) is 11.2. The van der Waals surface area contributed by atoms with Crippen LogP contribution in [-0.4, -0.2) is 43.7 Å². The molecule has 0 saturated carbocycles. The SMILES string of the molecule is CN(C)/N=N/c1nc2c([O-])n(C)c(=O)n(C)c-2n1.[K+].[K+].[OH-]. The minimum Gasteiger partial charge on any atom is -0.870 e. The molecule has 0 aromatic rings. The molecule has 104 valence electrons. The molecule has 12 heteroatoms. The number of aromatic nitrogens is 4. The average molecular weight is 345 g/mol. The molecule has 2 heterocycles. The molecule has 0 aromatic carbocycles. The fourth-order valence-electron chi connectivity index (χ4n) is 1.44. The van der Waals surface area contributed by atoms with Crippen molar-refractivity contribution < 1.29 is 113 Å². The van der Waals surface area contributed by atoms with Gasteiger partial charge in [-0.3, -0.25) is 9.58 Å². The van der Waals surface area contributed by atoms with Gasteiger partial charge in [0.15, 0.2) is 5.82 Å². The van der Waals surface area contributed by atoms with Crippen LogP contribution in [0.1, 0.15) is 0 Å². The van der Waals surface area contributed by atoms with Gasteiger partial charge in [0, 0.05) is 28.2 Å². The average Bonchev–Trinajstić information content (AvgIpc) is 2.75. The number of hydrogen-bond acceptors (Lipinski definition) is 7. The molecule has 0 spiro atoms. The van der Waals surface area contributed by atoms with Crippen LogP contribution in [0.25, 0.3) is 11.5 Å². The first-order valence-electron chi connectivity index (χ1n) is 5.11. The maximum absolute atomic E-state index is 11.8. The summed E-state index contributed by atoms with van der Waals surface area (Å²) in [5, 5.41) is 20.8. The molecule has 0 unspecified atom stereocenters. The predicted octanol–water partition coefficient (Wildman–Crippen LogP) is -6.92. The van der Waals surface area contributed by atoms with Crippen molar-refractivity contribution in [2.45, 2.75) is 0 Å². The Labute approximate surface area is 206 Å². The molecule has 2 aliphatic rings. The maximum atomic E-state index is 11.8. The Balaban J connectivity index is 0. The van der Waals surface area contributed by atoms with E-state index >= 15 is 0 Å². The Morgan fingerprint density at radius 1 is 1.14 bits per heavy atom. The van der Waals surface area contributed by atoms with Crippen LogP contribution in [-0.2, 0) is 14.1 Å². The molecule has 0 radical (unpaired) electrons. The van der Waals surface area contributed by atoms with Gasteiger partial charge in [-0.05, 0) is 5.88 Å². The van der Waals surface area contributed by atoms with Crippen molar-refractivity contribution in [2.75, 3.05) is 14.1 Å². The molecule has 1 N–H and O–H groups in total. The van der Waals surface area contributed by atoms with Crippen LogP contribution in [0.2, 0.25) is 0 Å². The Morgan fingerprint density at radius 2 is 1.71 bits per heavy atom. The third kappa shape index (κ3) is 5.14. The molecule has 0 amide bonds. The van der Waals surface area contributed by atoms with E-state index in [-0.39, 0.29) is 126 Å². The molecular formula is C9H13K2N7O3. The largest absolute Gasteiger partial charge is 1.00 e. The summed E-state index contributed by atoms with van der Waals surface area (Å²) in [6, 6.07) is 0. The van der Waals surface area contributed by atoms with Gasteiger partial charge in [-0.15, -0.1) is 0 Å². The van der Waals surface area contributed by atoms with Gasteiger partial charge in [-0.1, -0.05) is 10.3 Å². The van der Waals surface area contributed by atoms with Gasteiger partial charge < -0.3 is 15.1 Å². The monoisotopic (exact) mass is 345 g/mol. The summed E-state index contributed by atoms with van der Waals surface area (Å²) >= 11 is 0. The summed E-state index contributed by atoms with van der Waals surface area (Å²) in [6.07, 6.45) is 0. The summed E-state index contributed by atoms with van der Waals surface area (Å²) in [6.45, 7) is 0. The van der Waals surface area contributed by atoms with Crippen molar-refractivity contribution in [3.05, 3.63) is 10.5 Å². The molecule has 0 aliphatic carbocycles. The topological polar surface area (TPSA) is 134 Å². The second-order valence-corrected chi connectivity index (χ2v) is 3.94. The number of rotatable bonds is 2. The summed E-state index contributed by atoms with van der Waals surface area (Å²) < 4.78 is 2.22. The maximum Gasteiger partial charge on any atom is 1.00 e. The van der Waals surface area contributed by atoms with E-state index in [1.54, 1.807) is 14.1 Å². The van der Waals surface area contributed by atoms with Gasteiger partial charge in [-0.25, -0.2) is 9.78 Å². The molecular weight excluding hydrogens is 332 g/mol. The van der Waals surface area contributed by atoms with E-state index in [4.69, 9.17) is 0 Å². The van der Waals surface area contributed by atoms with Crippen molar-refractivity contribution in [1.29, 1.82) is 0 Å². The van der Waals surface area contributed by atoms with E-state index in [0.29, 0.717) is 0 Å². The van der Waals surface area contributed by atoms with Gasteiger partial charge in [0.05, 0.1) is 0 Å². The van der Waals surface area contributed by atoms with E-state index in [2.05, 4.69) is 20.3 Å². The third-order valence-corrected chi connectivity index (χ3v) is 2.34. The summed E-state index contributed by atoms with van der Waals surface area (Å²) in [5.74, 6) is -0.236. The first kappa shape index (κ1) is 24.0. The molecule has 0 fully saturated rings. The quantitative estimate of drug-likeness (QED) is 0.302. The van der Waals surface area contributed by atoms with Gasteiger partial charge in [0.2, 0.25) is 0 Å². The predicted molar refractivity (Wildman–Crippen MR) is 62.5 cm³/mol. The van der Waals surface area contributed by atoms with E-state index < -0.39 is 11.6 Å². The van der Waals surface area contributed by atoms with Crippen LogP contribution < -0.4 is 114 Å². The zero-order valence-corrected chi connectivity index (χ0v) is 19.1. The Morgan fingerprint density at radius 3 is 2.24 bits per heavy atom. The fourth-order valence-corrected chi connectivity index (χ4v) is 1.44. The van der Waals surface area contributed by atoms with Crippen molar-refractivity contribution in [1.82, 2.24) is 24.1 Å². The second-order valence-electron chi connectivity index (χ2n) is 3.94. The summed E-state index contributed by atoms with van der Waals surface area (Å²) in [7, 11) is 6.30. The number of fused-ring (bicyclic) bond motifs is 1. The van der Waals surface area contributed by atoms with Crippen LogP contribution in [0, 0.1) is 0 Å². The van der Waals surface area contributed by atoms with Crippen molar-refractivity contribution in [3.63, 3.8) is 0 Å². The fraction of sp³-hybridized carbons (Fsp3) is 0.444. The first-order chi connectivity index (χ1) is 8.41. The first-order valence-corrected chi connectivity index (χ1v) is 5.11. The standard InChI is InChI=1S/C9H13N7O2.2K.H2O/c1-14(2)13-12-8-10-5-6(11-8)15(3)9(18)16(4)7(5)17;;;/h17H,1-4H3;;;1H2/q;2*+1;/p-2/b13-12+;;;. The summed E-state index contributed by atoms with van der Waals surface area (Å²) in [5.41, 5.74) is -0.351. The molecule has 0 aromatic heterocycles. The Bertz CT molecular complexity index is 652. The van der Waals surface area contributed by atoms with Crippen molar-refractivity contribution >= 4 is 5.95 Å². The van der Waals surface area contributed by atoms with Gasteiger partial charge in [0.25, 0.3) is 5.95 Å². The number of hydrogen-bond donors (Lipinski definition) is 0.